The molecule has 1 heterocycles. The molecule has 1 aliphatic heterocycles. The molecule has 0 aromatic heterocycles. The molecule has 0 amide bonds. The van der Waals surface area contributed by atoms with Crippen LogP contribution in [0.4, 0.5) is 0 Å². The smallest absolute Gasteiger partial charge is 0.336 e. The summed E-state index contributed by atoms with van der Waals surface area (Å²) in [6.45, 7) is 11.6. The molecule has 1 saturated heterocycles. The molecule has 11 atom stereocenters. The van der Waals surface area contributed by atoms with Crippen molar-refractivity contribution in [2.75, 3.05) is 26.6 Å². The topological polar surface area (TPSA) is 172 Å². The van der Waals surface area contributed by atoms with Crippen molar-refractivity contribution in [3.63, 3.8) is 0 Å². The number of aliphatic hydroxyl groups excluding tert-OH is 3. The number of Topliss-reactive ketones (excluding diaryl/α,β-unsaturated/α-hetero) is 1. The summed E-state index contributed by atoms with van der Waals surface area (Å²) >= 11 is 0. The molecule has 2 bridgehead atoms. The van der Waals surface area contributed by atoms with E-state index in [9.17, 15) is 30.0 Å². The normalized spacial score (nSPS) is 41.3. The summed E-state index contributed by atoms with van der Waals surface area (Å²) in [5, 5.41) is 57.5. The minimum absolute atomic E-state index is 0.0243. The largest absolute Gasteiger partial charge is 0.456 e. The van der Waals surface area contributed by atoms with Crippen molar-refractivity contribution >= 4 is 11.8 Å². The number of hydrogen-bond donors (Lipinski definition) is 5. The Morgan fingerprint density at radius 3 is 2.35 bits per heavy atom. The fraction of sp³-hybridized carbons (Fsp3) is 0.714. The number of carbonyl (C=O) groups is 2. The van der Waals surface area contributed by atoms with Crippen LogP contribution in [0, 0.1) is 22.2 Å². The van der Waals surface area contributed by atoms with Gasteiger partial charge in [-0.1, -0.05) is 65.0 Å². The van der Waals surface area contributed by atoms with Gasteiger partial charge in [-0.15, -0.1) is 0 Å². The van der Waals surface area contributed by atoms with Crippen LogP contribution < -0.4 is 0 Å². The highest BCUT2D eigenvalue weighted by Crippen LogP contribution is 2.70. The van der Waals surface area contributed by atoms with Crippen LogP contribution in [0.5, 0.6) is 0 Å². The van der Waals surface area contributed by atoms with E-state index >= 15 is 0 Å². The summed E-state index contributed by atoms with van der Waals surface area (Å²) in [5.41, 5.74) is -6.04. The predicted molar refractivity (Wildman–Crippen MR) is 165 cm³/mol. The van der Waals surface area contributed by atoms with E-state index < -0.39 is 81.6 Å². The molecular weight excluding hydrogens is 596 g/mol. The number of ether oxygens (including phenoxy) is 4. The number of esters is 1. The first kappa shape index (κ1) is 35.1. The molecule has 11 nitrogen and oxygen atoms in total. The van der Waals surface area contributed by atoms with Crippen LogP contribution >= 0.6 is 0 Å². The molecule has 4 aliphatic rings. The molecular formula is C35H50O11. The molecule has 0 spiro atoms. The molecule has 5 N–H and O–H groups in total. The van der Waals surface area contributed by atoms with Crippen molar-refractivity contribution in [2.24, 2.45) is 22.2 Å². The Morgan fingerprint density at radius 2 is 1.76 bits per heavy atom. The van der Waals surface area contributed by atoms with Crippen LogP contribution in [0.25, 0.3) is 0 Å². The minimum Gasteiger partial charge on any atom is -0.456 e. The lowest BCUT2D eigenvalue weighted by molar-refractivity contribution is -0.377. The Bertz CT molecular complexity index is 1360. The average molecular weight is 647 g/mol. The lowest BCUT2D eigenvalue weighted by Crippen LogP contribution is -2.83. The SMILES string of the molecule is CC1=C2C(O)C(=O)[C@]3(C)C(OCOCCO)CC4OC[C@@]4(O)C3(C)[C@H](C)C(O)(CC1OC(=O)C(O)[C@@H](C)c1ccccc1)C2(C)C. The van der Waals surface area contributed by atoms with Crippen LogP contribution in [0.1, 0.15) is 72.8 Å². The van der Waals surface area contributed by atoms with E-state index in [0.717, 1.165) is 5.56 Å². The van der Waals surface area contributed by atoms with E-state index in [1.54, 1.807) is 48.5 Å². The van der Waals surface area contributed by atoms with Gasteiger partial charge < -0.3 is 44.5 Å². The lowest BCUT2D eigenvalue weighted by Gasteiger charge is -2.72. The molecule has 5 rings (SSSR count). The number of fused-ring (bicyclic) bond motifs is 5. The average Bonchev–Trinajstić information content (AvgIpc) is 3.02. The fourth-order valence-electron chi connectivity index (χ4n) is 9.29. The first-order valence-electron chi connectivity index (χ1n) is 16.2. The first-order valence-corrected chi connectivity index (χ1v) is 16.2. The van der Waals surface area contributed by atoms with Gasteiger partial charge in [-0.05, 0) is 36.5 Å². The van der Waals surface area contributed by atoms with E-state index in [2.05, 4.69) is 0 Å². The number of carbonyl (C=O) groups excluding carboxylic acids is 2. The highest BCUT2D eigenvalue weighted by Gasteiger charge is 2.80. The Morgan fingerprint density at radius 1 is 1.11 bits per heavy atom. The Kier molecular flexibility index (Phi) is 9.18. The summed E-state index contributed by atoms with van der Waals surface area (Å²) in [7, 11) is 0. The van der Waals surface area contributed by atoms with Gasteiger partial charge in [0.05, 0.1) is 43.0 Å². The maximum absolute atomic E-state index is 14.8. The van der Waals surface area contributed by atoms with E-state index in [4.69, 9.17) is 24.1 Å². The maximum Gasteiger partial charge on any atom is 0.336 e. The highest BCUT2D eigenvalue weighted by molar-refractivity contribution is 5.94. The molecule has 1 aromatic carbocycles. The molecule has 2 saturated carbocycles. The van der Waals surface area contributed by atoms with Crippen molar-refractivity contribution < 1.29 is 54.1 Å². The number of benzene rings is 1. The van der Waals surface area contributed by atoms with Gasteiger partial charge >= 0.3 is 5.97 Å². The third-order valence-corrected chi connectivity index (χ3v) is 12.8. The van der Waals surface area contributed by atoms with Gasteiger partial charge in [-0.2, -0.15) is 0 Å². The zero-order chi connectivity index (χ0) is 34.0. The van der Waals surface area contributed by atoms with Crippen LogP contribution in [0.15, 0.2) is 41.5 Å². The van der Waals surface area contributed by atoms with E-state index in [0.29, 0.717) is 5.57 Å². The van der Waals surface area contributed by atoms with Crippen molar-refractivity contribution in [3.05, 3.63) is 47.0 Å². The summed E-state index contributed by atoms with van der Waals surface area (Å²) < 4.78 is 23.3. The second kappa shape index (κ2) is 12.0. The van der Waals surface area contributed by atoms with Crippen molar-refractivity contribution in [1.82, 2.24) is 0 Å². The van der Waals surface area contributed by atoms with Crippen LogP contribution in [0.3, 0.4) is 0 Å². The zero-order valence-electron chi connectivity index (χ0n) is 27.9. The molecule has 3 aliphatic carbocycles. The van der Waals surface area contributed by atoms with Gasteiger partial charge in [0.2, 0.25) is 0 Å². The van der Waals surface area contributed by atoms with Crippen molar-refractivity contribution in [3.8, 4) is 0 Å². The number of rotatable bonds is 9. The van der Waals surface area contributed by atoms with Crippen LogP contribution in [-0.2, 0) is 28.5 Å². The molecule has 1 aromatic rings. The second-order valence-electron chi connectivity index (χ2n) is 14.7. The Hall–Kier alpha value is -2.22. The fourth-order valence-corrected chi connectivity index (χ4v) is 9.29. The lowest BCUT2D eigenvalue weighted by atomic mass is 9.36. The van der Waals surface area contributed by atoms with Crippen LogP contribution in [0.2, 0.25) is 0 Å². The number of aliphatic hydroxyl groups is 5. The van der Waals surface area contributed by atoms with Gasteiger partial charge in [0.15, 0.2) is 11.9 Å². The molecule has 7 unspecified atom stereocenters. The Labute approximate surface area is 270 Å². The standard InChI is InChI=1S/C35H50O11/c1-19(22-11-9-8-10-12-22)27(37)30(40)46-23-16-34(41)21(3)33(7)32(6,29(39)28(38)26(20(23)2)31(34,4)5)24(45-18-43-14-13-36)15-25-35(33,42)17-44-25/h8-12,19,21,23-25,27-28,36-38,41-42H,13-18H2,1-7H3/t19-,21-,23?,24?,25?,27?,28?,32-,33?,34?,35-/m0/s1. The monoisotopic (exact) mass is 646 g/mol. The van der Waals surface area contributed by atoms with E-state index in [1.165, 1.54) is 0 Å². The summed E-state index contributed by atoms with van der Waals surface area (Å²) in [5.74, 6) is -2.90. The van der Waals surface area contributed by atoms with Gasteiger partial charge in [0, 0.05) is 29.6 Å². The third-order valence-electron chi connectivity index (χ3n) is 12.8. The summed E-state index contributed by atoms with van der Waals surface area (Å²) in [6.07, 6.45) is -5.85. The summed E-state index contributed by atoms with van der Waals surface area (Å²) in [6, 6.07) is 9.08. The minimum atomic E-state index is -1.74. The van der Waals surface area contributed by atoms with Crippen LogP contribution in [-0.4, -0.2) is 106 Å². The van der Waals surface area contributed by atoms with Crippen molar-refractivity contribution in [2.45, 2.75) is 109 Å². The quantitative estimate of drug-likeness (QED) is 0.115. The van der Waals surface area contributed by atoms with E-state index in [-0.39, 0.29) is 45.0 Å². The highest BCUT2D eigenvalue weighted by atomic mass is 16.7. The predicted octanol–water partition coefficient (Wildman–Crippen LogP) is 2.02. The maximum atomic E-state index is 14.8. The van der Waals surface area contributed by atoms with E-state index in [1.807, 2.05) is 30.3 Å². The zero-order valence-corrected chi connectivity index (χ0v) is 27.9. The molecule has 3 fully saturated rings. The molecule has 46 heavy (non-hydrogen) atoms. The molecule has 11 heteroatoms. The molecule has 256 valence electrons. The number of hydrogen-bond acceptors (Lipinski definition) is 11. The third kappa shape index (κ3) is 4.69. The second-order valence-corrected chi connectivity index (χ2v) is 14.7. The van der Waals surface area contributed by atoms with Gasteiger partial charge in [-0.25, -0.2) is 4.79 Å². The van der Waals surface area contributed by atoms with Crippen molar-refractivity contribution in [1.29, 1.82) is 0 Å². The first-order chi connectivity index (χ1) is 21.4. The van der Waals surface area contributed by atoms with Gasteiger partial charge in [-0.3, -0.25) is 4.79 Å². The Balaban J connectivity index is 1.59. The molecule has 0 radical (unpaired) electrons. The van der Waals surface area contributed by atoms with Gasteiger partial charge in [0.25, 0.3) is 0 Å². The number of ketones is 1. The van der Waals surface area contributed by atoms with Gasteiger partial charge in [0.1, 0.15) is 24.6 Å². The summed E-state index contributed by atoms with van der Waals surface area (Å²) in [4.78, 5) is 28.2.